The highest BCUT2D eigenvalue weighted by Gasteiger charge is 2.31. The highest BCUT2D eigenvalue weighted by molar-refractivity contribution is 5.19. The predicted molar refractivity (Wildman–Crippen MR) is 55.0 cm³/mol. The van der Waals surface area contributed by atoms with Crippen LogP contribution in [-0.4, -0.2) is 5.72 Å². The van der Waals surface area contributed by atoms with E-state index in [9.17, 15) is 0 Å². The molecule has 2 rings (SSSR count). The average molecular weight is 190 g/mol. The molecule has 1 unspecified atom stereocenters. The Labute approximate surface area is 83.4 Å². The first kappa shape index (κ1) is 9.09. The van der Waals surface area contributed by atoms with Gasteiger partial charge in [-0.1, -0.05) is 30.3 Å². The van der Waals surface area contributed by atoms with E-state index in [1.54, 1.807) is 6.26 Å². The van der Waals surface area contributed by atoms with E-state index in [1.807, 2.05) is 30.3 Å². The van der Waals surface area contributed by atoms with Gasteiger partial charge in [-0.25, -0.2) is 0 Å². The van der Waals surface area contributed by atoms with E-state index in [2.05, 4.69) is 0 Å². The van der Waals surface area contributed by atoms with Gasteiger partial charge < -0.3 is 10.5 Å². The summed E-state index contributed by atoms with van der Waals surface area (Å²) in [5.41, 5.74) is 12.9. The lowest BCUT2D eigenvalue weighted by atomic mass is 10.0. The fourth-order valence-corrected chi connectivity index (χ4v) is 1.67. The summed E-state index contributed by atoms with van der Waals surface area (Å²) in [6.45, 7) is 0. The molecule has 1 heterocycles. The third-order valence-electron chi connectivity index (χ3n) is 2.29. The maximum Gasteiger partial charge on any atom is 0.167 e. The Balaban J connectivity index is 2.06. The van der Waals surface area contributed by atoms with Crippen molar-refractivity contribution in [2.45, 2.75) is 18.6 Å². The van der Waals surface area contributed by atoms with Crippen LogP contribution in [0.5, 0.6) is 0 Å². The highest BCUT2D eigenvalue weighted by atomic mass is 16.5. The first-order chi connectivity index (χ1) is 6.68. The number of rotatable bonds is 2. The normalized spacial score (nSPS) is 25.6. The number of benzene rings is 1. The van der Waals surface area contributed by atoms with Crippen molar-refractivity contribution in [3.8, 4) is 0 Å². The van der Waals surface area contributed by atoms with Crippen LogP contribution in [0.2, 0.25) is 0 Å². The first-order valence-electron chi connectivity index (χ1n) is 4.63. The van der Waals surface area contributed by atoms with Crippen molar-refractivity contribution in [3.05, 3.63) is 47.9 Å². The lowest BCUT2D eigenvalue weighted by molar-refractivity contribution is 0.0510. The molecule has 0 saturated carbocycles. The molecule has 1 aromatic rings. The summed E-state index contributed by atoms with van der Waals surface area (Å²) in [5.74, 6) is 0. The lowest BCUT2D eigenvalue weighted by Crippen LogP contribution is -2.41. The van der Waals surface area contributed by atoms with Crippen LogP contribution in [0.1, 0.15) is 12.0 Å². The van der Waals surface area contributed by atoms with Crippen molar-refractivity contribution in [1.29, 1.82) is 0 Å². The van der Waals surface area contributed by atoms with E-state index in [0.717, 1.165) is 5.56 Å². The molecule has 4 N–H and O–H groups in total. The zero-order chi connectivity index (χ0) is 10.0. The third kappa shape index (κ3) is 1.88. The minimum atomic E-state index is -0.647. The number of hydrogen-bond acceptors (Lipinski definition) is 3. The van der Waals surface area contributed by atoms with E-state index in [0.29, 0.717) is 18.5 Å². The Morgan fingerprint density at radius 3 is 2.57 bits per heavy atom. The van der Waals surface area contributed by atoms with Crippen LogP contribution in [0.15, 0.2) is 42.3 Å². The largest absolute Gasteiger partial charge is 0.478 e. The van der Waals surface area contributed by atoms with Crippen molar-refractivity contribution >= 4 is 0 Å². The molecule has 0 saturated heterocycles. The van der Waals surface area contributed by atoms with E-state index < -0.39 is 5.72 Å². The Morgan fingerprint density at radius 2 is 2.00 bits per heavy atom. The molecule has 14 heavy (non-hydrogen) atoms. The van der Waals surface area contributed by atoms with E-state index in [4.69, 9.17) is 16.2 Å². The Bertz CT molecular complexity index is 348. The molecule has 3 heteroatoms. The van der Waals surface area contributed by atoms with Crippen LogP contribution in [-0.2, 0) is 11.2 Å². The highest BCUT2D eigenvalue weighted by Crippen LogP contribution is 2.24. The molecule has 0 aliphatic carbocycles. The fraction of sp³-hybridized carbons (Fsp3) is 0.273. The third-order valence-corrected chi connectivity index (χ3v) is 2.29. The number of ether oxygens (including phenoxy) is 1. The molecule has 1 aliphatic heterocycles. The van der Waals surface area contributed by atoms with Crippen LogP contribution >= 0.6 is 0 Å². The molecular formula is C11H14N2O. The van der Waals surface area contributed by atoms with Crippen LogP contribution in [0, 0.1) is 0 Å². The van der Waals surface area contributed by atoms with Gasteiger partial charge >= 0.3 is 0 Å². The Kier molecular flexibility index (Phi) is 2.17. The molecule has 0 bridgehead atoms. The molecule has 0 fully saturated rings. The molecule has 1 aliphatic rings. The number of nitrogens with two attached hydrogens (primary N) is 2. The van der Waals surface area contributed by atoms with Gasteiger partial charge in [0.05, 0.1) is 0 Å². The molecule has 3 nitrogen and oxygen atoms in total. The first-order valence-corrected chi connectivity index (χ1v) is 4.63. The maximum atomic E-state index is 6.03. The minimum absolute atomic E-state index is 0.599. The zero-order valence-electron chi connectivity index (χ0n) is 7.94. The van der Waals surface area contributed by atoms with Crippen molar-refractivity contribution in [3.63, 3.8) is 0 Å². The summed E-state index contributed by atoms with van der Waals surface area (Å²) in [7, 11) is 0. The summed E-state index contributed by atoms with van der Waals surface area (Å²) in [4.78, 5) is 0. The molecule has 0 spiro atoms. The second-order valence-electron chi connectivity index (χ2n) is 3.71. The standard InChI is InChI=1S/C11H14N2O/c12-10-7-11(13,14-8-10)6-9-4-2-1-3-5-9/h1-5,8H,6-7,12-13H2. The van der Waals surface area contributed by atoms with Crippen LogP contribution in [0.4, 0.5) is 0 Å². The van der Waals surface area contributed by atoms with Crippen molar-refractivity contribution < 1.29 is 4.74 Å². The smallest absolute Gasteiger partial charge is 0.167 e. The predicted octanol–water partition coefficient (Wildman–Crippen LogP) is 1.10. The van der Waals surface area contributed by atoms with Gasteiger partial charge in [-0.05, 0) is 5.56 Å². The Morgan fingerprint density at radius 1 is 1.29 bits per heavy atom. The van der Waals surface area contributed by atoms with Gasteiger partial charge in [-0.15, -0.1) is 0 Å². The molecule has 1 aromatic carbocycles. The molecule has 0 radical (unpaired) electrons. The summed E-state index contributed by atoms with van der Waals surface area (Å²) >= 11 is 0. The summed E-state index contributed by atoms with van der Waals surface area (Å²) in [6.07, 6.45) is 2.83. The SMILES string of the molecule is NC1=COC(N)(Cc2ccccc2)C1. The molecular weight excluding hydrogens is 176 g/mol. The van der Waals surface area contributed by atoms with Gasteiger partial charge in [0.15, 0.2) is 5.72 Å². The van der Waals surface area contributed by atoms with E-state index in [-0.39, 0.29) is 0 Å². The second kappa shape index (κ2) is 3.35. The van der Waals surface area contributed by atoms with Gasteiger partial charge in [-0.2, -0.15) is 0 Å². The monoisotopic (exact) mass is 190 g/mol. The summed E-state index contributed by atoms with van der Waals surface area (Å²) in [6, 6.07) is 10.0. The minimum Gasteiger partial charge on any atom is -0.478 e. The maximum absolute atomic E-state index is 6.03. The van der Waals surface area contributed by atoms with Gasteiger partial charge in [0.25, 0.3) is 0 Å². The zero-order valence-corrected chi connectivity index (χ0v) is 7.94. The van der Waals surface area contributed by atoms with Gasteiger partial charge in [0.2, 0.25) is 0 Å². The van der Waals surface area contributed by atoms with E-state index >= 15 is 0 Å². The van der Waals surface area contributed by atoms with Crippen molar-refractivity contribution in [1.82, 2.24) is 0 Å². The van der Waals surface area contributed by atoms with Crippen LogP contribution in [0.25, 0.3) is 0 Å². The van der Waals surface area contributed by atoms with Crippen LogP contribution in [0.3, 0.4) is 0 Å². The second-order valence-corrected chi connectivity index (χ2v) is 3.71. The lowest BCUT2D eigenvalue weighted by Gasteiger charge is -2.23. The van der Waals surface area contributed by atoms with Gasteiger partial charge in [-0.3, -0.25) is 5.73 Å². The quantitative estimate of drug-likeness (QED) is 0.734. The van der Waals surface area contributed by atoms with Crippen molar-refractivity contribution in [2.24, 2.45) is 11.5 Å². The van der Waals surface area contributed by atoms with E-state index in [1.165, 1.54) is 0 Å². The molecule has 0 amide bonds. The van der Waals surface area contributed by atoms with Crippen molar-refractivity contribution in [2.75, 3.05) is 0 Å². The molecule has 1 atom stereocenters. The summed E-state index contributed by atoms with van der Waals surface area (Å²) in [5, 5.41) is 0. The Hall–Kier alpha value is -1.48. The fourth-order valence-electron chi connectivity index (χ4n) is 1.67. The molecule has 0 aromatic heterocycles. The average Bonchev–Trinajstić information content (AvgIpc) is 2.47. The van der Waals surface area contributed by atoms with Gasteiger partial charge in [0, 0.05) is 18.5 Å². The topological polar surface area (TPSA) is 61.3 Å². The van der Waals surface area contributed by atoms with Gasteiger partial charge in [0.1, 0.15) is 6.26 Å². The van der Waals surface area contributed by atoms with Crippen LogP contribution < -0.4 is 11.5 Å². The number of hydrogen-bond donors (Lipinski definition) is 2. The summed E-state index contributed by atoms with van der Waals surface area (Å²) < 4.78 is 5.35. The molecule has 74 valence electrons.